The van der Waals surface area contributed by atoms with E-state index in [-0.39, 0.29) is 47.4 Å². The first-order valence-electron chi connectivity index (χ1n) is 15.4. The Labute approximate surface area is 277 Å². The Morgan fingerprint density at radius 3 is 2.55 bits per heavy atom. The topological polar surface area (TPSA) is 182 Å². The first-order chi connectivity index (χ1) is 23.4. The molecule has 2 atom stereocenters. The monoisotopic (exact) mass is 693 g/mol. The van der Waals surface area contributed by atoms with E-state index in [4.69, 9.17) is 15.6 Å². The van der Waals surface area contributed by atoms with Crippen LogP contribution in [0.2, 0.25) is 0 Å². The van der Waals surface area contributed by atoms with Crippen LogP contribution in [0, 0.1) is 5.92 Å². The van der Waals surface area contributed by atoms with E-state index < -0.39 is 30.4 Å². The number of anilines is 2. The van der Waals surface area contributed by atoms with Crippen LogP contribution in [0.1, 0.15) is 54.2 Å². The second-order valence-corrected chi connectivity index (χ2v) is 11.2. The molecule has 6 N–H and O–H groups in total. The third-order valence-electron chi connectivity index (χ3n) is 7.84. The van der Waals surface area contributed by atoms with E-state index in [2.05, 4.69) is 31.0 Å². The number of imidazole rings is 1. The number of alkyl halides is 5. The number of benzene rings is 1. The maximum atomic E-state index is 13.7. The number of hydrogen-bond donors (Lipinski definition) is 5. The molecular formula is C31H36F5N9O4. The quantitative estimate of drug-likeness (QED) is 0.0824. The van der Waals surface area contributed by atoms with Gasteiger partial charge in [-0.2, -0.15) is 18.3 Å². The maximum absolute atomic E-state index is 13.7. The van der Waals surface area contributed by atoms with Gasteiger partial charge in [0.1, 0.15) is 6.54 Å². The van der Waals surface area contributed by atoms with Gasteiger partial charge in [-0.05, 0) is 55.9 Å². The van der Waals surface area contributed by atoms with Crippen LogP contribution in [-0.2, 0) is 28.7 Å². The predicted octanol–water partition coefficient (Wildman–Crippen LogP) is 4.25. The van der Waals surface area contributed by atoms with Gasteiger partial charge < -0.3 is 26.8 Å². The molecule has 0 spiro atoms. The fourth-order valence-corrected chi connectivity index (χ4v) is 5.58. The van der Waals surface area contributed by atoms with Crippen molar-refractivity contribution in [3.05, 3.63) is 59.8 Å². The highest BCUT2D eigenvalue weighted by atomic mass is 19.4. The number of halogens is 5. The fourth-order valence-electron chi connectivity index (χ4n) is 5.58. The van der Waals surface area contributed by atoms with Crippen LogP contribution in [0.15, 0.2) is 43.0 Å². The molecule has 0 unspecified atom stereocenters. The number of fused-ring (bicyclic) bond motifs is 1. The molecule has 0 aliphatic heterocycles. The third kappa shape index (κ3) is 9.27. The summed E-state index contributed by atoms with van der Waals surface area (Å²) in [6, 6.07) is 5.18. The molecule has 49 heavy (non-hydrogen) atoms. The molecule has 1 fully saturated rings. The second-order valence-electron chi connectivity index (χ2n) is 11.2. The molecule has 1 saturated carbocycles. The standard InChI is InChI=1S/C30H34F5N9O2.CH2O2/c1-2-17-13-20(6-7-21(17)29(46)39-9-3-8-38-28(45)18-4-5-19(36)12-18)41-26-27-40-14-23(44(27)11-10-37-26)22-15-43(16-24(31)32)42-25(22)30(33,34)35;2-1-3/h6-7,10-11,13-15,18-19,24H,2-5,8-9,12,16,36H2,1H3,(H,37,41)(H,38,45)(H,39,46);1H,(H,2,3)/t18-,19+;/m0./s1. The number of hydrogen-bond acceptors (Lipinski definition) is 8. The van der Waals surface area contributed by atoms with E-state index in [0.717, 1.165) is 24.6 Å². The van der Waals surface area contributed by atoms with Crippen molar-refractivity contribution in [2.75, 3.05) is 18.4 Å². The summed E-state index contributed by atoms with van der Waals surface area (Å²) in [5, 5.41) is 19.1. The molecule has 0 bridgehead atoms. The van der Waals surface area contributed by atoms with Crippen LogP contribution in [0.25, 0.3) is 16.9 Å². The van der Waals surface area contributed by atoms with E-state index in [1.54, 1.807) is 18.2 Å². The van der Waals surface area contributed by atoms with Crippen LogP contribution >= 0.6 is 0 Å². The lowest BCUT2D eigenvalue weighted by molar-refractivity contribution is -0.141. The lowest BCUT2D eigenvalue weighted by Gasteiger charge is -2.13. The zero-order valence-corrected chi connectivity index (χ0v) is 26.4. The van der Waals surface area contributed by atoms with Crippen molar-refractivity contribution in [3.8, 4) is 11.3 Å². The number of nitrogens with one attached hydrogen (secondary N) is 3. The van der Waals surface area contributed by atoms with Gasteiger partial charge in [0.2, 0.25) is 5.91 Å². The number of amides is 2. The highest BCUT2D eigenvalue weighted by Crippen LogP contribution is 2.37. The highest BCUT2D eigenvalue weighted by molar-refractivity contribution is 5.96. The Morgan fingerprint density at radius 1 is 1.16 bits per heavy atom. The van der Waals surface area contributed by atoms with Gasteiger partial charge in [0.05, 0.1) is 17.5 Å². The Morgan fingerprint density at radius 2 is 1.90 bits per heavy atom. The third-order valence-corrected chi connectivity index (χ3v) is 7.84. The minimum absolute atomic E-state index is 0.000535. The minimum Gasteiger partial charge on any atom is -0.483 e. The van der Waals surface area contributed by atoms with E-state index in [0.29, 0.717) is 48.3 Å². The van der Waals surface area contributed by atoms with E-state index in [1.807, 2.05) is 6.92 Å². The molecule has 1 aromatic carbocycles. The molecule has 2 amide bonds. The fraction of sp³-hybridized carbons (Fsp3) is 0.419. The van der Waals surface area contributed by atoms with Crippen molar-refractivity contribution in [2.45, 2.75) is 64.2 Å². The predicted molar refractivity (Wildman–Crippen MR) is 168 cm³/mol. The lowest BCUT2D eigenvalue weighted by Crippen LogP contribution is -2.33. The highest BCUT2D eigenvalue weighted by Gasteiger charge is 2.38. The number of nitrogens with zero attached hydrogens (tertiary/aromatic N) is 5. The molecule has 4 aromatic rings. The number of nitrogens with two attached hydrogens (primary N) is 1. The summed E-state index contributed by atoms with van der Waals surface area (Å²) >= 11 is 0. The van der Waals surface area contributed by atoms with E-state index >= 15 is 0 Å². The second kappa shape index (κ2) is 16.3. The first kappa shape index (κ1) is 36.7. The van der Waals surface area contributed by atoms with Gasteiger partial charge >= 0.3 is 6.18 Å². The average Bonchev–Trinajstić information content (AvgIpc) is 3.79. The lowest BCUT2D eigenvalue weighted by atomic mass is 10.0. The smallest absolute Gasteiger partial charge is 0.435 e. The summed E-state index contributed by atoms with van der Waals surface area (Å²) in [5.74, 6) is -0.0842. The van der Waals surface area contributed by atoms with Crippen LogP contribution in [0.3, 0.4) is 0 Å². The number of carboxylic acid groups (broad SMARTS) is 1. The molecule has 0 radical (unpaired) electrons. The van der Waals surface area contributed by atoms with Crippen LogP contribution in [0.5, 0.6) is 0 Å². The van der Waals surface area contributed by atoms with Crippen molar-refractivity contribution in [1.29, 1.82) is 0 Å². The van der Waals surface area contributed by atoms with Crippen molar-refractivity contribution in [3.63, 3.8) is 0 Å². The Hall–Kier alpha value is -5.13. The van der Waals surface area contributed by atoms with Crippen LogP contribution in [-0.4, -0.2) is 73.1 Å². The van der Waals surface area contributed by atoms with E-state index in [1.165, 1.54) is 23.0 Å². The summed E-state index contributed by atoms with van der Waals surface area (Å²) in [6.45, 7) is 1.47. The van der Waals surface area contributed by atoms with Crippen molar-refractivity contribution >= 4 is 35.4 Å². The maximum Gasteiger partial charge on any atom is 0.435 e. The zero-order valence-electron chi connectivity index (χ0n) is 26.4. The molecule has 13 nitrogen and oxygen atoms in total. The number of rotatable bonds is 12. The summed E-state index contributed by atoms with van der Waals surface area (Å²) in [5.41, 5.74) is 6.15. The number of aromatic nitrogens is 5. The molecule has 18 heteroatoms. The SMILES string of the molecule is CCc1cc(Nc2nccn3c(-c4cn(CC(F)F)nc4C(F)(F)F)cnc23)ccc1C(=O)NCCCNC(=O)[C@H]1CC[C@@H](N)C1.O=CO. The summed E-state index contributed by atoms with van der Waals surface area (Å²) < 4.78 is 68.9. The van der Waals surface area contributed by atoms with Gasteiger partial charge in [-0.1, -0.05) is 6.92 Å². The zero-order chi connectivity index (χ0) is 35.7. The Bertz CT molecular complexity index is 1760. The minimum atomic E-state index is -4.88. The van der Waals surface area contributed by atoms with Crippen molar-refractivity contribution < 1.29 is 41.4 Å². The molecule has 3 aromatic heterocycles. The van der Waals surface area contributed by atoms with E-state index in [9.17, 15) is 31.5 Å². The average molecular weight is 694 g/mol. The van der Waals surface area contributed by atoms with Gasteiger partial charge in [0.25, 0.3) is 18.8 Å². The Balaban J connectivity index is 0.00000174. The van der Waals surface area contributed by atoms with Gasteiger partial charge in [0.15, 0.2) is 17.2 Å². The molecule has 5 rings (SSSR count). The molecule has 1 aliphatic carbocycles. The summed E-state index contributed by atoms with van der Waals surface area (Å²) in [6.07, 6.45) is 0.570. The van der Waals surface area contributed by atoms with Crippen molar-refractivity contribution in [2.24, 2.45) is 11.7 Å². The molecular weight excluding hydrogens is 657 g/mol. The van der Waals surface area contributed by atoms with Crippen molar-refractivity contribution in [1.82, 2.24) is 34.8 Å². The van der Waals surface area contributed by atoms with Gasteiger partial charge in [-0.25, -0.2) is 18.7 Å². The largest absolute Gasteiger partial charge is 0.483 e. The number of carbonyl (C=O) groups is 3. The molecule has 1 aliphatic rings. The van der Waals surface area contributed by atoms with Gasteiger partial charge in [-0.3, -0.25) is 23.5 Å². The number of aryl methyl sites for hydroxylation is 1. The molecule has 264 valence electrons. The van der Waals surface area contributed by atoms with Crippen LogP contribution in [0.4, 0.5) is 33.5 Å². The summed E-state index contributed by atoms with van der Waals surface area (Å²) in [7, 11) is 0. The summed E-state index contributed by atoms with van der Waals surface area (Å²) in [4.78, 5) is 42.1. The molecule has 0 saturated heterocycles. The number of carbonyl (C=O) groups excluding carboxylic acids is 2. The Kier molecular flexibility index (Phi) is 12.2. The van der Waals surface area contributed by atoms with Gasteiger partial charge in [0, 0.05) is 54.9 Å². The first-order valence-corrected chi connectivity index (χ1v) is 15.4. The van der Waals surface area contributed by atoms with Crippen LogP contribution < -0.4 is 21.7 Å². The molecule has 3 heterocycles. The van der Waals surface area contributed by atoms with Gasteiger partial charge in [-0.15, -0.1) is 0 Å². The normalized spacial score (nSPS) is 15.9.